The van der Waals surface area contributed by atoms with Crippen LogP contribution in [0.3, 0.4) is 0 Å². The third kappa shape index (κ3) is 4.55. The maximum absolute atomic E-state index is 12.4. The highest BCUT2D eigenvalue weighted by Crippen LogP contribution is 2.27. The van der Waals surface area contributed by atoms with Crippen LogP contribution in [0.2, 0.25) is 5.02 Å². The summed E-state index contributed by atoms with van der Waals surface area (Å²) in [6.45, 7) is 1.88. The number of nitrogens with one attached hydrogen (secondary N) is 1. The van der Waals surface area contributed by atoms with Crippen LogP contribution in [0.1, 0.15) is 13.3 Å². The lowest BCUT2D eigenvalue weighted by molar-refractivity contribution is -0.122. The third-order valence-corrected chi connectivity index (χ3v) is 3.72. The molecular formula is C18H20ClNO4. The van der Waals surface area contributed by atoms with Crippen LogP contribution in [0.5, 0.6) is 17.2 Å². The molecule has 2 rings (SSSR count). The smallest absolute Gasteiger partial charge is 0.265 e. The zero-order valence-electron chi connectivity index (χ0n) is 13.8. The second-order valence-electron chi connectivity index (χ2n) is 5.03. The second-order valence-corrected chi connectivity index (χ2v) is 5.44. The Morgan fingerprint density at radius 1 is 1.08 bits per heavy atom. The van der Waals surface area contributed by atoms with Crippen LogP contribution in [0.25, 0.3) is 0 Å². The Hall–Kier alpha value is -2.40. The Morgan fingerprint density at radius 3 is 2.29 bits per heavy atom. The molecule has 5 nitrogen and oxygen atoms in total. The van der Waals surface area contributed by atoms with E-state index in [-0.39, 0.29) is 5.91 Å². The van der Waals surface area contributed by atoms with Crippen molar-refractivity contribution in [3.8, 4) is 17.2 Å². The van der Waals surface area contributed by atoms with Crippen LogP contribution in [-0.4, -0.2) is 26.2 Å². The Morgan fingerprint density at radius 2 is 1.75 bits per heavy atom. The first kappa shape index (κ1) is 17.9. The van der Waals surface area contributed by atoms with Gasteiger partial charge in [-0.2, -0.15) is 0 Å². The molecule has 1 amide bonds. The fourth-order valence-corrected chi connectivity index (χ4v) is 2.37. The molecule has 0 aliphatic rings. The number of amides is 1. The van der Waals surface area contributed by atoms with Crippen molar-refractivity contribution in [2.45, 2.75) is 19.4 Å². The number of anilines is 1. The first-order valence-corrected chi connectivity index (χ1v) is 7.90. The van der Waals surface area contributed by atoms with Gasteiger partial charge in [0.1, 0.15) is 17.2 Å². The summed E-state index contributed by atoms with van der Waals surface area (Å²) in [7, 11) is 3.13. The molecule has 0 bridgehead atoms. The van der Waals surface area contributed by atoms with Crippen LogP contribution in [0.4, 0.5) is 5.69 Å². The highest BCUT2D eigenvalue weighted by molar-refractivity contribution is 6.32. The normalized spacial score (nSPS) is 11.5. The van der Waals surface area contributed by atoms with E-state index in [0.717, 1.165) is 5.75 Å². The van der Waals surface area contributed by atoms with Crippen molar-refractivity contribution in [3.05, 3.63) is 47.5 Å². The summed E-state index contributed by atoms with van der Waals surface area (Å²) < 4.78 is 15.9. The van der Waals surface area contributed by atoms with E-state index in [0.29, 0.717) is 28.6 Å². The second kappa shape index (κ2) is 8.45. The maximum atomic E-state index is 12.4. The van der Waals surface area contributed by atoms with Crippen LogP contribution in [0, 0.1) is 0 Å². The highest BCUT2D eigenvalue weighted by atomic mass is 35.5. The van der Waals surface area contributed by atoms with Gasteiger partial charge in [0.05, 0.1) is 19.2 Å². The van der Waals surface area contributed by atoms with Gasteiger partial charge in [0.15, 0.2) is 6.10 Å². The monoisotopic (exact) mass is 349 g/mol. The van der Waals surface area contributed by atoms with Crippen LogP contribution >= 0.6 is 11.6 Å². The topological polar surface area (TPSA) is 56.8 Å². The first-order valence-electron chi connectivity index (χ1n) is 7.52. The molecule has 0 heterocycles. The summed E-state index contributed by atoms with van der Waals surface area (Å²) in [6, 6.07) is 12.1. The van der Waals surface area contributed by atoms with Gasteiger partial charge < -0.3 is 19.5 Å². The molecule has 2 aromatic rings. The van der Waals surface area contributed by atoms with E-state index >= 15 is 0 Å². The summed E-state index contributed by atoms with van der Waals surface area (Å²) in [4.78, 5) is 12.4. The van der Waals surface area contributed by atoms with Gasteiger partial charge in [-0.25, -0.2) is 0 Å². The minimum atomic E-state index is -0.612. The number of halogens is 1. The van der Waals surface area contributed by atoms with E-state index in [4.69, 9.17) is 25.8 Å². The number of benzene rings is 2. The van der Waals surface area contributed by atoms with Gasteiger partial charge in [0.25, 0.3) is 5.91 Å². The molecule has 6 heteroatoms. The van der Waals surface area contributed by atoms with Gasteiger partial charge in [-0.15, -0.1) is 0 Å². The predicted octanol–water partition coefficient (Wildman–Crippen LogP) is 4.15. The minimum Gasteiger partial charge on any atom is -0.497 e. The predicted molar refractivity (Wildman–Crippen MR) is 94.3 cm³/mol. The van der Waals surface area contributed by atoms with E-state index < -0.39 is 6.10 Å². The molecule has 1 atom stereocenters. The van der Waals surface area contributed by atoms with Crippen molar-refractivity contribution in [1.82, 2.24) is 0 Å². The third-order valence-electron chi connectivity index (χ3n) is 3.42. The van der Waals surface area contributed by atoms with Crippen molar-refractivity contribution in [3.63, 3.8) is 0 Å². The van der Waals surface area contributed by atoms with Gasteiger partial charge >= 0.3 is 0 Å². The molecule has 1 N–H and O–H groups in total. The van der Waals surface area contributed by atoms with Crippen molar-refractivity contribution < 1.29 is 19.0 Å². The Balaban J connectivity index is 2.03. The van der Waals surface area contributed by atoms with Crippen LogP contribution in [-0.2, 0) is 4.79 Å². The average molecular weight is 350 g/mol. The molecule has 0 spiro atoms. The quantitative estimate of drug-likeness (QED) is 0.815. The molecule has 24 heavy (non-hydrogen) atoms. The first-order chi connectivity index (χ1) is 11.6. The van der Waals surface area contributed by atoms with E-state index in [1.54, 1.807) is 49.6 Å². The molecule has 0 saturated carbocycles. The molecule has 0 radical (unpaired) electrons. The van der Waals surface area contributed by atoms with Crippen molar-refractivity contribution in [2.75, 3.05) is 19.5 Å². The number of carbonyl (C=O) groups is 1. The number of rotatable bonds is 7. The summed E-state index contributed by atoms with van der Waals surface area (Å²) in [5.74, 6) is 1.64. The summed E-state index contributed by atoms with van der Waals surface area (Å²) >= 11 is 6.07. The lowest BCUT2D eigenvalue weighted by Gasteiger charge is -2.18. The van der Waals surface area contributed by atoms with E-state index in [9.17, 15) is 4.79 Å². The molecule has 0 unspecified atom stereocenters. The Labute approximate surface area is 146 Å². The molecule has 0 fully saturated rings. The molecular weight excluding hydrogens is 330 g/mol. The standard InChI is InChI=1S/C18H20ClNO4/c1-4-16(24-14-8-6-13(22-2)7-9-14)18(21)20-12-5-10-17(23-3)15(19)11-12/h5-11,16H,4H2,1-3H3,(H,20,21)/t16-/m0/s1. The van der Waals surface area contributed by atoms with Crippen LogP contribution < -0.4 is 19.5 Å². The summed E-state index contributed by atoms with van der Waals surface area (Å²) in [5, 5.41) is 3.23. The van der Waals surface area contributed by atoms with Gasteiger partial charge in [-0.3, -0.25) is 4.79 Å². The fraction of sp³-hybridized carbons (Fsp3) is 0.278. The van der Waals surface area contributed by atoms with Gasteiger partial charge in [0.2, 0.25) is 0 Å². The molecule has 0 aliphatic carbocycles. The van der Waals surface area contributed by atoms with Crippen molar-refractivity contribution in [1.29, 1.82) is 0 Å². The van der Waals surface area contributed by atoms with Gasteiger partial charge in [-0.05, 0) is 48.9 Å². The number of hydrogen-bond acceptors (Lipinski definition) is 4. The summed E-state index contributed by atoms with van der Waals surface area (Å²) in [6.07, 6.45) is -0.0823. The lowest BCUT2D eigenvalue weighted by atomic mass is 10.2. The van der Waals surface area contributed by atoms with E-state index in [2.05, 4.69) is 5.32 Å². The fourth-order valence-electron chi connectivity index (χ4n) is 2.11. The SMILES string of the molecule is CC[C@H](Oc1ccc(OC)cc1)C(=O)Nc1ccc(OC)c(Cl)c1. The molecule has 0 aromatic heterocycles. The number of hydrogen-bond donors (Lipinski definition) is 1. The molecule has 128 valence electrons. The van der Waals surface area contributed by atoms with E-state index in [1.165, 1.54) is 7.11 Å². The number of carbonyl (C=O) groups excluding carboxylic acids is 1. The largest absolute Gasteiger partial charge is 0.497 e. The van der Waals surface area contributed by atoms with Gasteiger partial charge in [0, 0.05) is 5.69 Å². The lowest BCUT2D eigenvalue weighted by Crippen LogP contribution is -2.32. The highest BCUT2D eigenvalue weighted by Gasteiger charge is 2.19. The van der Waals surface area contributed by atoms with Crippen LogP contribution in [0.15, 0.2) is 42.5 Å². The Bertz CT molecular complexity index is 688. The average Bonchev–Trinajstić information content (AvgIpc) is 2.60. The minimum absolute atomic E-state index is 0.241. The maximum Gasteiger partial charge on any atom is 0.265 e. The zero-order chi connectivity index (χ0) is 17.5. The van der Waals surface area contributed by atoms with Crippen molar-refractivity contribution in [2.24, 2.45) is 0 Å². The van der Waals surface area contributed by atoms with Gasteiger partial charge in [-0.1, -0.05) is 18.5 Å². The summed E-state index contributed by atoms with van der Waals surface area (Å²) in [5.41, 5.74) is 0.586. The molecule has 0 saturated heterocycles. The molecule has 0 aliphatic heterocycles. The Kier molecular flexibility index (Phi) is 6.32. The molecule has 2 aromatic carbocycles. The van der Waals surface area contributed by atoms with Crippen molar-refractivity contribution >= 4 is 23.2 Å². The zero-order valence-corrected chi connectivity index (χ0v) is 14.6. The van der Waals surface area contributed by atoms with E-state index in [1.807, 2.05) is 6.92 Å². The number of methoxy groups -OCH3 is 2. The number of ether oxygens (including phenoxy) is 3.